The van der Waals surface area contributed by atoms with Gasteiger partial charge in [-0.2, -0.15) is 0 Å². The largest absolute Gasteiger partial charge is 0.213 e. The van der Waals surface area contributed by atoms with Crippen LogP contribution >= 0.6 is 34.8 Å². The molecule has 0 radical (unpaired) electrons. The third-order valence-corrected chi connectivity index (χ3v) is 3.59. The molecular formula is C14H8Cl3N3. The minimum absolute atomic E-state index is 0.545. The zero-order chi connectivity index (χ0) is 14.1. The molecule has 0 spiro atoms. The first-order chi connectivity index (χ1) is 9.65. The van der Waals surface area contributed by atoms with Gasteiger partial charge >= 0.3 is 0 Å². The van der Waals surface area contributed by atoms with E-state index in [9.17, 15) is 0 Å². The molecule has 100 valence electrons. The summed E-state index contributed by atoms with van der Waals surface area (Å²) in [5.41, 5.74) is 2.39. The molecule has 0 fully saturated rings. The summed E-state index contributed by atoms with van der Waals surface area (Å²) in [6.45, 7) is 0. The van der Waals surface area contributed by atoms with Crippen LogP contribution in [0.25, 0.3) is 16.9 Å². The Bertz CT molecular complexity index is 768. The lowest BCUT2D eigenvalue weighted by Crippen LogP contribution is -1.99. The van der Waals surface area contributed by atoms with E-state index in [4.69, 9.17) is 34.8 Å². The van der Waals surface area contributed by atoms with Gasteiger partial charge in [0.05, 0.1) is 22.6 Å². The molecule has 2 aromatic carbocycles. The van der Waals surface area contributed by atoms with Crippen LogP contribution in [0.4, 0.5) is 0 Å². The highest BCUT2D eigenvalue weighted by Gasteiger charge is 2.12. The molecule has 0 bridgehead atoms. The lowest BCUT2D eigenvalue weighted by molar-refractivity contribution is 0.808. The Morgan fingerprint density at radius 2 is 1.70 bits per heavy atom. The van der Waals surface area contributed by atoms with Gasteiger partial charge in [0.1, 0.15) is 0 Å². The first-order valence-electron chi connectivity index (χ1n) is 5.77. The van der Waals surface area contributed by atoms with E-state index in [1.807, 2.05) is 24.3 Å². The molecule has 0 saturated heterocycles. The number of halogens is 3. The molecule has 0 amide bonds. The molecule has 3 aromatic rings. The van der Waals surface area contributed by atoms with Crippen molar-refractivity contribution in [2.75, 3.05) is 0 Å². The van der Waals surface area contributed by atoms with Crippen LogP contribution in [-0.4, -0.2) is 15.0 Å². The summed E-state index contributed by atoms with van der Waals surface area (Å²) in [6, 6.07) is 12.7. The summed E-state index contributed by atoms with van der Waals surface area (Å²) >= 11 is 18.2. The van der Waals surface area contributed by atoms with E-state index in [0.29, 0.717) is 15.1 Å². The zero-order valence-electron chi connectivity index (χ0n) is 10.1. The van der Waals surface area contributed by atoms with Gasteiger partial charge in [0.2, 0.25) is 0 Å². The molecule has 0 unspecified atom stereocenters. The standard InChI is InChI=1S/C14H8Cl3N3/c15-9-2-1-3-11(6-9)20-14(8-18-19-20)12-5-4-10(16)7-13(12)17/h1-8H. The predicted molar refractivity (Wildman–Crippen MR) is 81.8 cm³/mol. The number of benzene rings is 2. The maximum absolute atomic E-state index is 6.23. The third-order valence-electron chi connectivity index (χ3n) is 2.81. The lowest BCUT2D eigenvalue weighted by Gasteiger charge is -2.08. The van der Waals surface area contributed by atoms with Crippen LogP contribution in [0.5, 0.6) is 0 Å². The SMILES string of the molecule is Clc1cccc(-n2nncc2-c2ccc(Cl)cc2Cl)c1. The average Bonchev–Trinajstić information content (AvgIpc) is 2.87. The fourth-order valence-corrected chi connectivity index (χ4v) is 2.60. The van der Waals surface area contributed by atoms with E-state index in [1.165, 1.54) is 0 Å². The first kappa shape index (κ1) is 13.4. The van der Waals surface area contributed by atoms with Gasteiger partial charge in [-0.1, -0.05) is 46.1 Å². The van der Waals surface area contributed by atoms with Crippen molar-refractivity contribution in [2.45, 2.75) is 0 Å². The minimum Gasteiger partial charge on any atom is -0.213 e. The van der Waals surface area contributed by atoms with Gasteiger partial charge in [0.25, 0.3) is 0 Å². The molecule has 6 heteroatoms. The van der Waals surface area contributed by atoms with Crippen LogP contribution < -0.4 is 0 Å². The van der Waals surface area contributed by atoms with Gasteiger partial charge in [0, 0.05) is 15.6 Å². The van der Waals surface area contributed by atoms with Crippen molar-refractivity contribution in [2.24, 2.45) is 0 Å². The number of hydrogen-bond donors (Lipinski definition) is 0. The van der Waals surface area contributed by atoms with Crippen molar-refractivity contribution >= 4 is 34.8 Å². The monoisotopic (exact) mass is 323 g/mol. The fraction of sp³-hybridized carbons (Fsp3) is 0. The number of hydrogen-bond acceptors (Lipinski definition) is 2. The summed E-state index contributed by atoms with van der Waals surface area (Å²) in [4.78, 5) is 0. The predicted octanol–water partition coefficient (Wildman–Crippen LogP) is 4.89. The van der Waals surface area contributed by atoms with E-state index in [0.717, 1.165) is 16.9 Å². The Kier molecular flexibility index (Phi) is 3.66. The van der Waals surface area contributed by atoms with Gasteiger partial charge in [-0.3, -0.25) is 0 Å². The number of rotatable bonds is 2. The molecule has 20 heavy (non-hydrogen) atoms. The third kappa shape index (κ3) is 2.52. The van der Waals surface area contributed by atoms with Crippen LogP contribution in [0.3, 0.4) is 0 Å². The number of nitrogens with zero attached hydrogens (tertiary/aromatic N) is 3. The van der Waals surface area contributed by atoms with Gasteiger partial charge in [0.15, 0.2) is 0 Å². The van der Waals surface area contributed by atoms with Gasteiger partial charge < -0.3 is 0 Å². The maximum atomic E-state index is 6.23. The molecule has 0 N–H and O–H groups in total. The van der Waals surface area contributed by atoms with Crippen LogP contribution in [0.2, 0.25) is 15.1 Å². The van der Waals surface area contributed by atoms with Crippen LogP contribution in [0.1, 0.15) is 0 Å². The summed E-state index contributed by atoms with van der Waals surface area (Å²) in [5.74, 6) is 0. The quantitative estimate of drug-likeness (QED) is 0.671. The van der Waals surface area contributed by atoms with Crippen LogP contribution in [0.15, 0.2) is 48.7 Å². The Balaban J connectivity index is 2.15. The van der Waals surface area contributed by atoms with Crippen molar-refractivity contribution < 1.29 is 0 Å². The highest BCUT2D eigenvalue weighted by atomic mass is 35.5. The fourth-order valence-electron chi connectivity index (χ4n) is 1.91. The lowest BCUT2D eigenvalue weighted by atomic mass is 10.1. The van der Waals surface area contributed by atoms with Crippen molar-refractivity contribution in [3.8, 4) is 16.9 Å². The Morgan fingerprint density at radius 3 is 2.45 bits per heavy atom. The Labute approximate surface area is 130 Å². The smallest absolute Gasteiger partial charge is 0.0959 e. The van der Waals surface area contributed by atoms with E-state index in [-0.39, 0.29) is 0 Å². The molecule has 1 aromatic heterocycles. The van der Waals surface area contributed by atoms with Crippen LogP contribution in [-0.2, 0) is 0 Å². The molecular weight excluding hydrogens is 317 g/mol. The second-order valence-electron chi connectivity index (χ2n) is 4.14. The molecule has 1 heterocycles. The average molecular weight is 325 g/mol. The van der Waals surface area contributed by atoms with E-state index >= 15 is 0 Å². The minimum atomic E-state index is 0.545. The van der Waals surface area contributed by atoms with E-state index in [1.54, 1.807) is 29.1 Å². The summed E-state index contributed by atoms with van der Waals surface area (Å²) in [7, 11) is 0. The summed E-state index contributed by atoms with van der Waals surface area (Å²) in [6.07, 6.45) is 1.65. The van der Waals surface area contributed by atoms with Gasteiger partial charge in [-0.25, -0.2) is 4.68 Å². The highest BCUT2D eigenvalue weighted by molar-refractivity contribution is 6.36. The van der Waals surface area contributed by atoms with Crippen molar-refractivity contribution in [3.63, 3.8) is 0 Å². The zero-order valence-corrected chi connectivity index (χ0v) is 12.4. The Morgan fingerprint density at radius 1 is 0.900 bits per heavy atom. The molecule has 0 saturated carbocycles. The van der Waals surface area contributed by atoms with E-state index < -0.39 is 0 Å². The molecule has 0 aliphatic heterocycles. The van der Waals surface area contributed by atoms with Crippen molar-refractivity contribution in [1.82, 2.24) is 15.0 Å². The van der Waals surface area contributed by atoms with Crippen LogP contribution in [0, 0.1) is 0 Å². The Hall–Kier alpha value is -1.55. The normalized spacial score (nSPS) is 10.8. The van der Waals surface area contributed by atoms with Gasteiger partial charge in [-0.15, -0.1) is 5.10 Å². The van der Waals surface area contributed by atoms with Crippen molar-refractivity contribution in [1.29, 1.82) is 0 Å². The molecule has 3 nitrogen and oxygen atoms in total. The first-order valence-corrected chi connectivity index (χ1v) is 6.90. The molecule has 0 atom stereocenters. The highest BCUT2D eigenvalue weighted by Crippen LogP contribution is 2.31. The maximum Gasteiger partial charge on any atom is 0.0959 e. The summed E-state index contributed by atoms with van der Waals surface area (Å²) in [5, 5.41) is 9.79. The second-order valence-corrected chi connectivity index (χ2v) is 5.42. The van der Waals surface area contributed by atoms with Crippen molar-refractivity contribution in [3.05, 3.63) is 63.7 Å². The number of aromatic nitrogens is 3. The second kappa shape index (κ2) is 5.44. The topological polar surface area (TPSA) is 30.7 Å². The summed E-state index contributed by atoms with van der Waals surface area (Å²) < 4.78 is 1.68. The van der Waals surface area contributed by atoms with Gasteiger partial charge in [-0.05, 0) is 36.4 Å². The van der Waals surface area contributed by atoms with E-state index in [2.05, 4.69) is 10.3 Å². The molecule has 0 aliphatic rings. The molecule has 0 aliphatic carbocycles. The molecule has 3 rings (SSSR count).